The van der Waals surface area contributed by atoms with Crippen LogP contribution >= 0.6 is 0 Å². The summed E-state index contributed by atoms with van der Waals surface area (Å²) in [4.78, 5) is 0. The molecule has 1 heterocycles. The quantitative estimate of drug-likeness (QED) is 0.796. The van der Waals surface area contributed by atoms with Crippen molar-refractivity contribution in [3.8, 4) is 0 Å². The summed E-state index contributed by atoms with van der Waals surface area (Å²) in [6.07, 6.45) is 5.24. The number of hydrogen-bond acceptors (Lipinski definition) is 1. The van der Waals surface area contributed by atoms with Gasteiger partial charge in [0.2, 0.25) is 0 Å². The zero-order chi connectivity index (χ0) is 12.6. The largest absolute Gasteiger partial charge is 0.348 e. The molecular formula is C15H24N2. The molecule has 0 aliphatic heterocycles. The fourth-order valence-corrected chi connectivity index (χ4v) is 3.04. The van der Waals surface area contributed by atoms with Crippen molar-refractivity contribution in [1.82, 2.24) is 4.57 Å². The van der Waals surface area contributed by atoms with Crippen LogP contribution in [0.15, 0.2) is 18.7 Å². The molecule has 0 amide bonds. The number of aromatic nitrogens is 1. The molecule has 2 rings (SSSR count). The second kappa shape index (κ2) is 4.34. The van der Waals surface area contributed by atoms with Gasteiger partial charge in [-0.2, -0.15) is 0 Å². The molecule has 0 saturated heterocycles. The van der Waals surface area contributed by atoms with Crippen molar-refractivity contribution >= 4 is 0 Å². The normalized spacial score (nSPS) is 22.2. The highest BCUT2D eigenvalue weighted by Gasteiger charge is 2.32. The molecule has 17 heavy (non-hydrogen) atoms. The third-order valence-electron chi connectivity index (χ3n) is 3.82. The molecule has 0 aromatic carbocycles. The van der Waals surface area contributed by atoms with E-state index in [1.54, 1.807) is 0 Å². The first-order valence-corrected chi connectivity index (χ1v) is 6.50. The van der Waals surface area contributed by atoms with E-state index in [-0.39, 0.29) is 6.04 Å². The number of fused-ring (bicyclic) bond motifs is 1. The molecule has 1 aromatic rings. The summed E-state index contributed by atoms with van der Waals surface area (Å²) >= 11 is 0. The fraction of sp³-hybridized carbons (Fsp3) is 0.600. The molecule has 94 valence electrons. The van der Waals surface area contributed by atoms with E-state index in [4.69, 9.17) is 5.73 Å². The van der Waals surface area contributed by atoms with Gasteiger partial charge in [0, 0.05) is 24.0 Å². The highest BCUT2D eigenvalue weighted by Crippen LogP contribution is 2.40. The lowest BCUT2D eigenvalue weighted by atomic mass is 9.74. The second-order valence-corrected chi connectivity index (χ2v) is 6.07. The predicted octanol–water partition coefficient (Wildman–Crippen LogP) is 3.34. The fourth-order valence-electron chi connectivity index (χ4n) is 3.04. The van der Waals surface area contributed by atoms with Gasteiger partial charge in [0.25, 0.3) is 0 Å². The SMILES string of the molecule is C=CCCn1c(C)cc2c1CC(C)(C)CC2N. The Morgan fingerprint density at radius 3 is 2.94 bits per heavy atom. The molecule has 0 fully saturated rings. The molecule has 1 aliphatic rings. The summed E-state index contributed by atoms with van der Waals surface area (Å²) in [5.41, 5.74) is 10.8. The average molecular weight is 232 g/mol. The van der Waals surface area contributed by atoms with Crippen molar-refractivity contribution in [3.05, 3.63) is 35.7 Å². The maximum atomic E-state index is 6.30. The van der Waals surface area contributed by atoms with Crippen LogP contribution in [0.2, 0.25) is 0 Å². The van der Waals surface area contributed by atoms with Gasteiger partial charge >= 0.3 is 0 Å². The predicted molar refractivity (Wildman–Crippen MR) is 73.0 cm³/mol. The molecule has 1 atom stereocenters. The Balaban J connectivity index is 2.39. The Labute approximate surface area is 105 Å². The van der Waals surface area contributed by atoms with E-state index in [0.717, 1.165) is 25.8 Å². The molecule has 0 saturated carbocycles. The second-order valence-electron chi connectivity index (χ2n) is 6.07. The number of nitrogens with two attached hydrogens (primary N) is 1. The monoisotopic (exact) mass is 232 g/mol. The van der Waals surface area contributed by atoms with Crippen LogP contribution in [-0.2, 0) is 13.0 Å². The smallest absolute Gasteiger partial charge is 0.0318 e. The van der Waals surface area contributed by atoms with Crippen molar-refractivity contribution in [1.29, 1.82) is 0 Å². The van der Waals surface area contributed by atoms with Gasteiger partial charge in [-0.3, -0.25) is 0 Å². The lowest BCUT2D eigenvalue weighted by molar-refractivity contribution is 0.275. The van der Waals surface area contributed by atoms with Gasteiger partial charge in [-0.15, -0.1) is 6.58 Å². The van der Waals surface area contributed by atoms with Crippen molar-refractivity contribution in [2.45, 2.75) is 52.6 Å². The number of allylic oxidation sites excluding steroid dienone is 1. The Morgan fingerprint density at radius 1 is 1.59 bits per heavy atom. The third-order valence-corrected chi connectivity index (χ3v) is 3.82. The summed E-state index contributed by atoms with van der Waals surface area (Å²) in [6, 6.07) is 2.48. The Bertz CT molecular complexity index is 426. The van der Waals surface area contributed by atoms with Crippen LogP contribution in [0.5, 0.6) is 0 Å². The van der Waals surface area contributed by atoms with Crippen LogP contribution in [0.3, 0.4) is 0 Å². The van der Waals surface area contributed by atoms with Gasteiger partial charge in [-0.1, -0.05) is 19.9 Å². The van der Waals surface area contributed by atoms with Crippen LogP contribution in [0, 0.1) is 12.3 Å². The van der Waals surface area contributed by atoms with Gasteiger partial charge in [-0.25, -0.2) is 0 Å². The summed E-state index contributed by atoms with van der Waals surface area (Å²) in [5, 5.41) is 0. The molecule has 1 aliphatic carbocycles. The molecular weight excluding hydrogens is 208 g/mol. The summed E-state index contributed by atoms with van der Waals surface area (Å²) in [7, 11) is 0. The first-order chi connectivity index (χ1) is 7.94. The van der Waals surface area contributed by atoms with Crippen molar-refractivity contribution < 1.29 is 0 Å². The van der Waals surface area contributed by atoms with Crippen LogP contribution in [0.1, 0.15) is 49.7 Å². The van der Waals surface area contributed by atoms with Gasteiger partial charge < -0.3 is 10.3 Å². The van der Waals surface area contributed by atoms with E-state index >= 15 is 0 Å². The highest BCUT2D eigenvalue weighted by atomic mass is 15.0. The van der Waals surface area contributed by atoms with E-state index in [0.29, 0.717) is 5.41 Å². The maximum Gasteiger partial charge on any atom is 0.0318 e. The van der Waals surface area contributed by atoms with Crippen LogP contribution in [0.25, 0.3) is 0 Å². The van der Waals surface area contributed by atoms with Crippen LogP contribution in [0.4, 0.5) is 0 Å². The number of hydrogen-bond donors (Lipinski definition) is 1. The molecule has 0 bridgehead atoms. The van der Waals surface area contributed by atoms with Crippen molar-refractivity contribution in [2.75, 3.05) is 0 Å². The molecule has 1 aromatic heterocycles. The minimum atomic E-state index is 0.206. The van der Waals surface area contributed by atoms with Crippen LogP contribution < -0.4 is 5.73 Å². The highest BCUT2D eigenvalue weighted by molar-refractivity contribution is 5.34. The summed E-state index contributed by atoms with van der Waals surface area (Å²) < 4.78 is 2.43. The van der Waals surface area contributed by atoms with E-state index in [2.05, 4.69) is 38.0 Å². The number of rotatable bonds is 3. The molecule has 2 N–H and O–H groups in total. The zero-order valence-electron chi connectivity index (χ0n) is 11.3. The average Bonchev–Trinajstić information content (AvgIpc) is 2.51. The van der Waals surface area contributed by atoms with E-state index in [1.807, 2.05) is 6.08 Å². The minimum absolute atomic E-state index is 0.206. The standard InChI is InChI=1S/C15H24N2/c1-5-6-7-17-11(2)8-12-13(16)9-15(3,4)10-14(12)17/h5,8,13H,1,6-7,9-10,16H2,2-4H3. The number of aryl methyl sites for hydroxylation is 1. The first-order valence-electron chi connectivity index (χ1n) is 6.50. The van der Waals surface area contributed by atoms with Crippen molar-refractivity contribution in [2.24, 2.45) is 11.1 Å². The molecule has 1 unspecified atom stereocenters. The Morgan fingerprint density at radius 2 is 2.29 bits per heavy atom. The Kier molecular flexibility index (Phi) is 3.17. The van der Waals surface area contributed by atoms with E-state index < -0.39 is 0 Å². The van der Waals surface area contributed by atoms with Crippen molar-refractivity contribution in [3.63, 3.8) is 0 Å². The molecule has 0 spiro atoms. The Hall–Kier alpha value is -1.02. The summed E-state index contributed by atoms with van der Waals surface area (Å²) in [6.45, 7) is 11.7. The van der Waals surface area contributed by atoms with E-state index in [1.165, 1.54) is 17.0 Å². The molecule has 0 radical (unpaired) electrons. The van der Waals surface area contributed by atoms with Gasteiger partial charge in [0.15, 0.2) is 0 Å². The minimum Gasteiger partial charge on any atom is -0.348 e. The zero-order valence-corrected chi connectivity index (χ0v) is 11.3. The topological polar surface area (TPSA) is 30.9 Å². The van der Waals surface area contributed by atoms with Crippen LogP contribution in [-0.4, -0.2) is 4.57 Å². The molecule has 2 nitrogen and oxygen atoms in total. The van der Waals surface area contributed by atoms with Gasteiger partial charge in [0.1, 0.15) is 0 Å². The lowest BCUT2D eigenvalue weighted by Gasteiger charge is -2.34. The lowest BCUT2D eigenvalue weighted by Crippen LogP contribution is -2.30. The first kappa shape index (κ1) is 12.4. The maximum absolute atomic E-state index is 6.30. The molecule has 2 heteroatoms. The van der Waals surface area contributed by atoms with Gasteiger partial charge in [-0.05, 0) is 43.2 Å². The summed E-state index contributed by atoms with van der Waals surface area (Å²) in [5.74, 6) is 0. The van der Waals surface area contributed by atoms with E-state index in [9.17, 15) is 0 Å². The van der Waals surface area contributed by atoms with Gasteiger partial charge in [0.05, 0.1) is 0 Å². The third kappa shape index (κ3) is 2.32. The number of nitrogens with zero attached hydrogens (tertiary/aromatic N) is 1.